The Morgan fingerprint density at radius 1 is 1.33 bits per heavy atom. The van der Waals surface area contributed by atoms with E-state index in [1.165, 1.54) is 25.7 Å². The van der Waals surface area contributed by atoms with Crippen LogP contribution in [0.1, 0.15) is 49.5 Å². The molecule has 4 heteroatoms. The molecule has 1 aromatic heterocycles. The Bertz CT molecular complexity index is 307. The number of aliphatic hydroxyl groups excluding tert-OH is 1. The van der Waals surface area contributed by atoms with Gasteiger partial charge in [-0.2, -0.15) is 0 Å². The van der Waals surface area contributed by atoms with E-state index in [9.17, 15) is 5.11 Å². The van der Waals surface area contributed by atoms with E-state index < -0.39 is 0 Å². The number of nitrogens with zero attached hydrogens (tertiary/aromatic N) is 1. The molecule has 1 aliphatic carbocycles. The third-order valence-electron chi connectivity index (χ3n) is 3.16. The molecule has 1 fully saturated rings. The predicted octanol–water partition coefficient (Wildman–Crippen LogP) is 3.91. The zero-order valence-corrected chi connectivity index (χ0v) is 11.1. The summed E-state index contributed by atoms with van der Waals surface area (Å²) in [6.45, 7) is 0. The lowest BCUT2D eigenvalue weighted by atomic mass is 9.93. The maximum atomic E-state index is 10.3. The quantitative estimate of drug-likeness (QED) is 0.838. The highest BCUT2D eigenvalue weighted by Crippen LogP contribution is 2.37. The molecule has 0 radical (unpaired) electrons. The van der Waals surface area contributed by atoms with Crippen molar-refractivity contribution in [1.82, 2.24) is 4.98 Å². The maximum Gasteiger partial charge on any atom is 0.122 e. The summed E-state index contributed by atoms with van der Waals surface area (Å²) in [5, 5.41) is 10.3. The molecule has 0 aliphatic heterocycles. The third kappa shape index (κ3) is 2.80. The average molecular weight is 290 g/mol. The maximum absolute atomic E-state index is 10.3. The number of hydrogen-bond acceptors (Lipinski definition) is 3. The number of aliphatic hydroxyl groups is 1. The Morgan fingerprint density at radius 3 is 2.53 bits per heavy atom. The highest BCUT2D eigenvalue weighted by atomic mass is 79.9. The molecule has 0 bridgehead atoms. The van der Waals surface area contributed by atoms with Crippen LogP contribution in [-0.2, 0) is 0 Å². The highest BCUT2D eigenvalue weighted by Gasteiger charge is 2.25. The van der Waals surface area contributed by atoms with Crippen LogP contribution in [0.25, 0.3) is 0 Å². The van der Waals surface area contributed by atoms with E-state index in [-0.39, 0.29) is 6.10 Å². The van der Waals surface area contributed by atoms with Gasteiger partial charge in [0.2, 0.25) is 0 Å². The number of hydrogen-bond donors (Lipinski definition) is 1. The lowest BCUT2D eigenvalue weighted by Gasteiger charge is -2.20. The van der Waals surface area contributed by atoms with E-state index >= 15 is 0 Å². The molecule has 1 aliphatic rings. The van der Waals surface area contributed by atoms with Crippen molar-refractivity contribution in [2.75, 3.05) is 0 Å². The van der Waals surface area contributed by atoms with Gasteiger partial charge in [0.05, 0.1) is 16.5 Å². The summed E-state index contributed by atoms with van der Waals surface area (Å²) in [4.78, 5) is 5.13. The summed E-state index contributed by atoms with van der Waals surface area (Å²) in [7, 11) is 0. The first-order chi connectivity index (χ1) is 7.29. The number of rotatable bonds is 2. The molecule has 1 aromatic rings. The normalized spacial score (nSPS) is 21.2. The van der Waals surface area contributed by atoms with Crippen molar-refractivity contribution in [2.45, 2.75) is 44.6 Å². The minimum Gasteiger partial charge on any atom is -0.387 e. The standard InChI is InChI=1S/C11H16BrNOS/c12-11-10(15-7-13-11)9(14)8-5-3-1-2-4-6-8/h7-9,14H,1-6H2. The first-order valence-electron chi connectivity index (χ1n) is 5.56. The molecule has 0 aromatic carbocycles. The van der Waals surface area contributed by atoms with Gasteiger partial charge in [-0.3, -0.25) is 0 Å². The van der Waals surface area contributed by atoms with Gasteiger partial charge < -0.3 is 5.11 Å². The minimum absolute atomic E-state index is 0.315. The summed E-state index contributed by atoms with van der Waals surface area (Å²) in [6.07, 6.45) is 7.18. The van der Waals surface area contributed by atoms with Crippen molar-refractivity contribution in [1.29, 1.82) is 0 Å². The summed E-state index contributed by atoms with van der Waals surface area (Å²) < 4.78 is 0.823. The lowest BCUT2D eigenvalue weighted by Crippen LogP contribution is -2.11. The van der Waals surface area contributed by atoms with Crippen LogP contribution in [0.2, 0.25) is 0 Å². The molecular weight excluding hydrogens is 274 g/mol. The Labute approximate surface area is 103 Å². The van der Waals surface area contributed by atoms with Gasteiger partial charge in [0, 0.05) is 0 Å². The van der Waals surface area contributed by atoms with Crippen molar-refractivity contribution in [3.63, 3.8) is 0 Å². The topological polar surface area (TPSA) is 33.1 Å². The second kappa shape index (κ2) is 5.41. The van der Waals surface area contributed by atoms with Crippen LogP contribution in [0.4, 0.5) is 0 Å². The second-order valence-corrected chi connectivity index (χ2v) is 5.84. The van der Waals surface area contributed by atoms with Crippen molar-refractivity contribution in [2.24, 2.45) is 5.92 Å². The molecule has 2 rings (SSSR count). The van der Waals surface area contributed by atoms with Crippen LogP contribution in [-0.4, -0.2) is 10.1 Å². The number of aromatic nitrogens is 1. The Hall–Kier alpha value is 0.0700. The summed E-state index contributed by atoms with van der Waals surface area (Å²) in [5.74, 6) is 0.434. The molecule has 15 heavy (non-hydrogen) atoms. The van der Waals surface area contributed by atoms with E-state index in [1.54, 1.807) is 16.8 Å². The van der Waals surface area contributed by atoms with Crippen LogP contribution < -0.4 is 0 Å². The number of halogens is 1. The van der Waals surface area contributed by atoms with Gasteiger partial charge in [0.15, 0.2) is 0 Å². The van der Waals surface area contributed by atoms with Crippen LogP contribution in [0.3, 0.4) is 0 Å². The first-order valence-corrected chi connectivity index (χ1v) is 7.23. The molecule has 1 unspecified atom stereocenters. The second-order valence-electron chi connectivity index (χ2n) is 4.20. The molecule has 0 spiro atoms. The molecular formula is C11H16BrNOS. The molecule has 84 valence electrons. The SMILES string of the molecule is OC(c1scnc1Br)C1CCCCCC1. The summed E-state index contributed by atoms with van der Waals surface area (Å²) in [6, 6.07) is 0. The zero-order valence-electron chi connectivity index (χ0n) is 8.66. The molecule has 0 saturated heterocycles. The lowest BCUT2D eigenvalue weighted by molar-refractivity contribution is 0.101. The first kappa shape index (κ1) is 11.6. The van der Waals surface area contributed by atoms with Crippen molar-refractivity contribution < 1.29 is 5.11 Å². The molecule has 2 nitrogen and oxygen atoms in total. The van der Waals surface area contributed by atoms with Gasteiger partial charge in [0.1, 0.15) is 4.60 Å². The fourth-order valence-electron chi connectivity index (χ4n) is 2.27. The highest BCUT2D eigenvalue weighted by molar-refractivity contribution is 9.10. The van der Waals surface area contributed by atoms with Gasteiger partial charge >= 0.3 is 0 Å². The van der Waals surface area contributed by atoms with E-state index in [4.69, 9.17) is 0 Å². The summed E-state index contributed by atoms with van der Waals surface area (Å²) in [5.41, 5.74) is 1.79. The van der Waals surface area contributed by atoms with Crippen LogP contribution in [0.5, 0.6) is 0 Å². The smallest absolute Gasteiger partial charge is 0.122 e. The van der Waals surface area contributed by atoms with E-state index in [0.29, 0.717) is 5.92 Å². The average Bonchev–Trinajstić information content (AvgIpc) is 2.53. The zero-order chi connectivity index (χ0) is 10.7. The van der Waals surface area contributed by atoms with Crippen LogP contribution in [0.15, 0.2) is 10.1 Å². The van der Waals surface area contributed by atoms with Gasteiger partial charge in [-0.05, 0) is 34.7 Å². The minimum atomic E-state index is -0.315. The largest absolute Gasteiger partial charge is 0.387 e. The van der Waals surface area contributed by atoms with Crippen molar-refractivity contribution >= 4 is 27.3 Å². The van der Waals surface area contributed by atoms with E-state index in [0.717, 1.165) is 22.3 Å². The Morgan fingerprint density at radius 2 is 2.00 bits per heavy atom. The fourth-order valence-corrected chi connectivity index (χ4v) is 3.78. The van der Waals surface area contributed by atoms with Gasteiger partial charge in [-0.15, -0.1) is 11.3 Å². The van der Waals surface area contributed by atoms with Crippen molar-refractivity contribution in [3.8, 4) is 0 Å². The summed E-state index contributed by atoms with van der Waals surface area (Å²) >= 11 is 4.94. The molecule has 1 saturated carbocycles. The van der Waals surface area contributed by atoms with Gasteiger partial charge in [-0.25, -0.2) is 4.98 Å². The number of thiazole rings is 1. The van der Waals surface area contributed by atoms with Crippen LogP contribution in [0, 0.1) is 5.92 Å². The molecule has 1 heterocycles. The fraction of sp³-hybridized carbons (Fsp3) is 0.727. The van der Waals surface area contributed by atoms with E-state index in [2.05, 4.69) is 20.9 Å². The van der Waals surface area contributed by atoms with Crippen molar-refractivity contribution in [3.05, 3.63) is 15.0 Å². The molecule has 1 N–H and O–H groups in total. The van der Waals surface area contributed by atoms with Crippen LogP contribution >= 0.6 is 27.3 Å². The Kier molecular flexibility index (Phi) is 4.17. The van der Waals surface area contributed by atoms with Gasteiger partial charge in [0.25, 0.3) is 0 Å². The van der Waals surface area contributed by atoms with Gasteiger partial charge in [-0.1, -0.05) is 25.7 Å². The molecule has 0 amide bonds. The molecule has 1 atom stereocenters. The van der Waals surface area contributed by atoms with E-state index in [1.807, 2.05) is 0 Å². The Balaban J connectivity index is 2.06. The monoisotopic (exact) mass is 289 g/mol. The predicted molar refractivity (Wildman–Crippen MR) is 66.0 cm³/mol. The third-order valence-corrected chi connectivity index (χ3v) is 4.96.